The Morgan fingerprint density at radius 3 is 2.67 bits per heavy atom. The summed E-state index contributed by atoms with van der Waals surface area (Å²) >= 11 is 6.09. The molecule has 0 aromatic carbocycles. The molecule has 2 aromatic heterocycles. The lowest BCUT2D eigenvalue weighted by Crippen LogP contribution is -2.31. The second-order valence-electron chi connectivity index (χ2n) is 5.12. The van der Waals surface area contributed by atoms with Crippen molar-refractivity contribution in [2.75, 3.05) is 0 Å². The first-order chi connectivity index (χ1) is 9.92. The molecule has 0 saturated heterocycles. The van der Waals surface area contributed by atoms with Gasteiger partial charge in [-0.1, -0.05) is 18.5 Å². The molecule has 1 amide bonds. The molecule has 114 valence electrons. The summed E-state index contributed by atoms with van der Waals surface area (Å²) in [6.45, 7) is 5.87. The Bertz CT molecular complexity index is 646. The molecule has 7 heteroatoms. The number of hydrogen-bond donors (Lipinski definition) is 1. The lowest BCUT2D eigenvalue weighted by atomic mass is 10.1. The molecule has 0 saturated carbocycles. The molecule has 0 fully saturated rings. The summed E-state index contributed by atoms with van der Waals surface area (Å²) in [4.78, 5) is 12.2. The molecule has 2 rings (SSSR count). The van der Waals surface area contributed by atoms with E-state index in [1.54, 1.807) is 15.6 Å². The van der Waals surface area contributed by atoms with Crippen molar-refractivity contribution in [3.8, 4) is 0 Å². The number of rotatable bonds is 5. The Kier molecular flexibility index (Phi) is 4.67. The van der Waals surface area contributed by atoms with Gasteiger partial charge < -0.3 is 5.32 Å². The van der Waals surface area contributed by atoms with Crippen molar-refractivity contribution in [1.82, 2.24) is 24.9 Å². The Hall–Kier alpha value is -1.82. The van der Waals surface area contributed by atoms with E-state index in [1.807, 2.05) is 34.0 Å². The maximum absolute atomic E-state index is 12.2. The van der Waals surface area contributed by atoms with E-state index in [1.165, 1.54) is 0 Å². The third-order valence-electron chi connectivity index (χ3n) is 3.46. The molecule has 0 bridgehead atoms. The molecule has 1 unspecified atom stereocenters. The Balaban J connectivity index is 2.05. The van der Waals surface area contributed by atoms with E-state index in [0.717, 1.165) is 23.4 Å². The zero-order chi connectivity index (χ0) is 15.6. The highest BCUT2D eigenvalue weighted by Gasteiger charge is 2.16. The van der Waals surface area contributed by atoms with E-state index in [9.17, 15) is 4.79 Å². The number of nitrogens with zero attached hydrogens (tertiary/aromatic N) is 4. The summed E-state index contributed by atoms with van der Waals surface area (Å²) in [5.74, 6) is -0.0898. The number of carbonyl (C=O) groups excluding carboxylic acids is 1. The van der Waals surface area contributed by atoms with Crippen molar-refractivity contribution >= 4 is 17.5 Å². The largest absolute Gasteiger partial charge is 0.348 e. The number of aryl methyl sites for hydroxylation is 2. The summed E-state index contributed by atoms with van der Waals surface area (Å²) in [5.41, 5.74) is 2.54. The fraction of sp³-hybridized carbons (Fsp3) is 0.500. The number of nitrogens with one attached hydrogen (secondary N) is 1. The average Bonchev–Trinajstić information content (AvgIpc) is 2.97. The van der Waals surface area contributed by atoms with Crippen molar-refractivity contribution in [3.05, 3.63) is 34.4 Å². The van der Waals surface area contributed by atoms with Gasteiger partial charge in [-0.15, -0.1) is 0 Å². The summed E-state index contributed by atoms with van der Waals surface area (Å²) in [6.07, 6.45) is 4.48. The minimum atomic E-state index is -0.0898. The maximum Gasteiger partial charge on any atom is 0.242 e. The van der Waals surface area contributed by atoms with Gasteiger partial charge in [0.2, 0.25) is 5.91 Å². The molecule has 0 aliphatic carbocycles. The second kappa shape index (κ2) is 6.30. The van der Waals surface area contributed by atoms with Gasteiger partial charge in [-0.05, 0) is 20.3 Å². The third kappa shape index (κ3) is 3.44. The van der Waals surface area contributed by atoms with Crippen molar-refractivity contribution in [1.29, 1.82) is 0 Å². The lowest BCUT2D eigenvalue weighted by Gasteiger charge is -2.15. The topological polar surface area (TPSA) is 64.7 Å². The Labute approximate surface area is 129 Å². The highest BCUT2D eigenvalue weighted by atomic mass is 35.5. The standard InChI is InChI=1S/C14H20ClN5O/c1-5-12(11-6-16-19(4)7-11)17-13(21)8-20-10(3)14(15)9(2)18-20/h6-7,12H,5,8H2,1-4H3,(H,17,21). The zero-order valence-electron chi connectivity index (χ0n) is 12.7. The predicted molar refractivity (Wildman–Crippen MR) is 81.1 cm³/mol. The van der Waals surface area contributed by atoms with Crippen molar-refractivity contribution in [2.24, 2.45) is 7.05 Å². The molecular formula is C14H20ClN5O. The van der Waals surface area contributed by atoms with Crippen molar-refractivity contribution in [3.63, 3.8) is 0 Å². The molecule has 0 radical (unpaired) electrons. The molecule has 1 atom stereocenters. The number of hydrogen-bond acceptors (Lipinski definition) is 3. The molecule has 2 heterocycles. The van der Waals surface area contributed by atoms with Crippen molar-refractivity contribution in [2.45, 2.75) is 39.8 Å². The summed E-state index contributed by atoms with van der Waals surface area (Å²) in [7, 11) is 1.86. The van der Waals surface area contributed by atoms with E-state index >= 15 is 0 Å². The van der Waals surface area contributed by atoms with Gasteiger partial charge in [-0.2, -0.15) is 10.2 Å². The maximum atomic E-state index is 12.2. The smallest absolute Gasteiger partial charge is 0.242 e. The molecule has 0 spiro atoms. The van der Waals surface area contributed by atoms with Crippen LogP contribution in [0.1, 0.15) is 36.3 Å². The highest BCUT2D eigenvalue weighted by Crippen LogP contribution is 2.19. The minimum Gasteiger partial charge on any atom is -0.348 e. The van der Waals surface area contributed by atoms with Crippen LogP contribution in [0.3, 0.4) is 0 Å². The van der Waals surface area contributed by atoms with Crippen LogP contribution in [0.4, 0.5) is 0 Å². The predicted octanol–water partition coefficient (Wildman–Crippen LogP) is 2.15. The molecule has 21 heavy (non-hydrogen) atoms. The van der Waals surface area contributed by atoms with Crippen LogP contribution in [0, 0.1) is 13.8 Å². The van der Waals surface area contributed by atoms with E-state index in [0.29, 0.717) is 5.02 Å². The molecular weight excluding hydrogens is 290 g/mol. The number of amides is 1. The van der Waals surface area contributed by atoms with Gasteiger partial charge in [0.05, 0.1) is 28.6 Å². The van der Waals surface area contributed by atoms with E-state index in [-0.39, 0.29) is 18.5 Å². The van der Waals surface area contributed by atoms with E-state index in [4.69, 9.17) is 11.6 Å². The third-order valence-corrected chi connectivity index (χ3v) is 4.00. The number of aromatic nitrogens is 4. The Morgan fingerprint density at radius 2 is 2.19 bits per heavy atom. The van der Waals surface area contributed by atoms with Gasteiger partial charge in [0.25, 0.3) is 0 Å². The fourth-order valence-electron chi connectivity index (χ4n) is 2.25. The zero-order valence-corrected chi connectivity index (χ0v) is 13.5. The molecule has 1 N–H and O–H groups in total. The normalized spacial score (nSPS) is 12.4. The van der Waals surface area contributed by atoms with Gasteiger partial charge in [0.1, 0.15) is 6.54 Å². The minimum absolute atomic E-state index is 0.0429. The van der Waals surface area contributed by atoms with Crippen LogP contribution in [-0.4, -0.2) is 25.5 Å². The first-order valence-corrected chi connectivity index (χ1v) is 7.27. The quantitative estimate of drug-likeness (QED) is 0.920. The SMILES string of the molecule is CCC(NC(=O)Cn1nc(C)c(Cl)c1C)c1cnn(C)c1. The summed E-state index contributed by atoms with van der Waals surface area (Å²) in [5, 5.41) is 12.0. The number of halogens is 1. The summed E-state index contributed by atoms with van der Waals surface area (Å²) in [6, 6.07) is -0.0429. The van der Waals surface area contributed by atoms with Crippen LogP contribution < -0.4 is 5.32 Å². The van der Waals surface area contributed by atoms with Gasteiger partial charge >= 0.3 is 0 Å². The van der Waals surface area contributed by atoms with Crippen molar-refractivity contribution < 1.29 is 4.79 Å². The first kappa shape index (κ1) is 15.6. The van der Waals surface area contributed by atoms with Crippen LogP contribution >= 0.6 is 11.6 Å². The van der Waals surface area contributed by atoms with Crippen LogP contribution in [-0.2, 0) is 18.4 Å². The van der Waals surface area contributed by atoms with Gasteiger partial charge in [-0.25, -0.2) is 0 Å². The fourth-order valence-corrected chi connectivity index (χ4v) is 2.38. The van der Waals surface area contributed by atoms with Crippen LogP contribution in [0.25, 0.3) is 0 Å². The monoisotopic (exact) mass is 309 g/mol. The Morgan fingerprint density at radius 1 is 1.48 bits per heavy atom. The van der Waals surface area contributed by atoms with E-state index in [2.05, 4.69) is 15.5 Å². The van der Waals surface area contributed by atoms with Crippen LogP contribution in [0.15, 0.2) is 12.4 Å². The van der Waals surface area contributed by atoms with Gasteiger partial charge in [-0.3, -0.25) is 14.2 Å². The molecule has 0 aliphatic heterocycles. The number of carbonyl (C=O) groups is 1. The van der Waals surface area contributed by atoms with Gasteiger partial charge in [0, 0.05) is 18.8 Å². The summed E-state index contributed by atoms with van der Waals surface area (Å²) < 4.78 is 3.36. The van der Waals surface area contributed by atoms with Crippen LogP contribution in [0.2, 0.25) is 5.02 Å². The molecule has 0 aliphatic rings. The second-order valence-corrected chi connectivity index (χ2v) is 5.50. The van der Waals surface area contributed by atoms with Crippen LogP contribution in [0.5, 0.6) is 0 Å². The highest BCUT2D eigenvalue weighted by molar-refractivity contribution is 6.31. The first-order valence-electron chi connectivity index (χ1n) is 6.89. The molecule has 2 aromatic rings. The van der Waals surface area contributed by atoms with Gasteiger partial charge in [0.15, 0.2) is 0 Å². The lowest BCUT2D eigenvalue weighted by molar-refractivity contribution is -0.122. The average molecular weight is 310 g/mol. The van der Waals surface area contributed by atoms with E-state index < -0.39 is 0 Å². The molecule has 6 nitrogen and oxygen atoms in total.